The molecule has 27 heavy (non-hydrogen) atoms. The number of fused-ring (bicyclic) bond motifs is 1. The number of allylic oxidation sites excluding steroid dienone is 2. The third kappa shape index (κ3) is 4.61. The summed E-state index contributed by atoms with van der Waals surface area (Å²) >= 11 is 0. The molecule has 146 valence electrons. The summed E-state index contributed by atoms with van der Waals surface area (Å²) in [6.07, 6.45) is 3.41. The van der Waals surface area contributed by atoms with E-state index >= 15 is 0 Å². The molecule has 0 radical (unpaired) electrons. The molecule has 0 aromatic rings. The van der Waals surface area contributed by atoms with E-state index in [1.54, 1.807) is 19.9 Å². The molecule has 0 saturated carbocycles. The summed E-state index contributed by atoms with van der Waals surface area (Å²) in [5.74, 6) is -2.57. The normalized spacial score (nSPS) is 31.9. The summed E-state index contributed by atoms with van der Waals surface area (Å²) in [5.41, 5.74) is -1.04. The lowest BCUT2D eigenvalue weighted by molar-refractivity contribution is -0.150. The molecular formula is C20H24O7. The van der Waals surface area contributed by atoms with Gasteiger partial charge in [-0.15, -0.1) is 0 Å². The van der Waals surface area contributed by atoms with Crippen molar-refractivity contribution in [2.24, 2.45) is 5.92 Å². The second-order valence-electron chi connectivity index (χ2n) is 6.95. The third-order valence-electron chi connectivity index (χ3n) is 4.74. The number of aliphatic hydroxyl groups excluding tert-OH is 1. The average Bonchev–Trinajstić information content (AvgIpc) is 2.89. The van der Waals surface area contributed by atoms with Gasteiger partial charge in [0.2, 0.25) is 0 Å². The monoisotopic (exact) mass is 376 g/mol. The maximum Gasteiger partial charge on any atom is 0.334 e. The topological polar surface area (TPSA) is 110 Å². The molecule has 0 aromatic carbocycles. The van der Waals surface area contributed by atoms with Gasteiger partial charge in [0.15, 0.2) is 5.78 Å². The van der Waals surface area contributed by atoms with E-state index in [2.05, 4.69) is 6.58 Å². The highest BCUT2D eigenvalue weighted by Crippen LogP contribution is 2.37. The highest BCUT2D eigenvalue weighted by Gasteiger charge is 2.46. The third-order valence-corrected chi connectivity index (χ3v) is 4.74. The van der Waals surface area contributed by atoms with Gasteiger partial charge in [-0.3, -0.25) is 4.79 Å². The molecule has 2 aliphatic rings. The molecule has 0 amide bonds. The Morgan fingerprint density at radius 1 is 1.48 bits per heavy atom. The molecule has 1 fully saturated rings. The van der Waals surface area contributed by atoms with Crippen molar-refractivity contribution in [3.05, 3.63) is 47.6 Å². The SMILES string of the molecule is C=C1C(=O)OC2C=C(CO)C(=O)C=CC(C)(O)CC(OC(=O)C(C)=CC)C12. The van der Waals surface area contributed by atoms with Crippen LogP contribution in [0.15, 0.2) is 47.6 Å². The molecule has 4 unspecified atom stereocenters. The molecule has 1 saturated heterocycles. The summed E-state index contributed by atoms with van der Waals surface area (Å²) < 4.78 is 10.8. The van der Waals surface area contributed by atoms with Gasteiger partial charge in [0.1, 0.15) is 12.2 Å². The first kappa shape index (κ1) is 20.8. The molecule has 4 atom stereocenters. The fraction of sp³-hybridized carbons (Fsp3) is 0.450. The Balaban J connectivity index is 2.53. The predicted octanol–water partition coefficient (Wildman–Crippen LogP) is 1.16. The second kappa shape index (κ2) is 8.02. The van der Waals surface area contributed by atoms with Crippen LogP contribution in [0.4, 0.5) is 0 Å². The molecule has 2 rings (SSSR count). The van der Waals surface area contributed by atoms with Crippen LogP contribution in [0.25, 0.3) is 0 Å². The van der Waals surface area contributed by atoms with Gasteiger partial charge in [-0.05, 0) is 39.0 Å². The van der Waals surface area contributed by atoms with Gasteiger partial charge in [-0.1, -0.05) is 12.7 Å². The molecule has 2 N–H and O–H groups in total. The van der Waals surface area contributed by atoms with E-state index in [1.165, 1.54) is 19.1 Å². The number of hydrogen-bond donors (Lipinski definition) is 2. The van der Waals surface area contributed by atoms with Crippen molar-refractivity contribution >= 4 is 17.7 Å². The van der Waals surface area contributed by atoms with Crippen LogP contribution in [-0.4, -0.2) is 52.4 Å². The molecule has 1 aliphatic heterocycles. The first-order valence-corrected chi connectivity index (χ1v) is 8.60. The number of carbonyl (C=O) groups excluding carboxylic acids is 3. The lowest BCUT2D eigenvalue weighted by atomic mass is 9.82. The fourth-order valence-electron chi connectivity index (χ4n) is 3.02. The summed E-state index contributed by atoms with van der Waals surface area (Å²) in [6, 6.07) is 0. The highest BCUT2D eigenvalue weighted by atomic mass is 16.6. The quantitative estimate of drug-likeness (QED) is 0.562. The van der Waals surface area contributed by atoms with E-state index in [-0.39, 0.29) is 17.6 Å². The standard InChI is InChI=1S/C20H24O7/c1-5-11(2)18(23)27-16-9-20(4,25)7-6-14(22)13(10-21)8-15-17(16)12(3)19(24)26-15/h5-8,15-17,21,25H,3,9-10H2,1-2,4H3. The number of rotatable bonds is 3. The smallest absolute Gasteiger partial charge is 0.334 e. The van der Waals surface area contributed by atoms with Crippen LogP contribution in [0.2, 0.25) is 0 Å². The minimum Gasteiger partial charge on any atom is -0.458 e. The number of ether oxygens (including phenoxy) is 2. The van der Waals surface area contributed by atoms with Crippen molar-refractivity contribution in [3.63, 3.8) is 0 Å². The summed E-state index contributed by atoms with van der Waals surface area (Å²) in [4.78, 5) is 36.6. The Morgan fingerprint density at radius 3 is 2.74 bits per heavy atom. The summed E-state index contributed by atoms with van der Waals surface area (Å²) in [5, 5.41) is 20.1. The van der Waals surface area contributed by atoms with Crippen molar-refractivity contribution in [2.45, 2.75) is 45.0 Å². The first-order valence-electron chi connectivity index (χ1n) is 8.60. The molecular weight excluding hydrogens is 352 g/mol. The van der Waals surface area contributed by atoms with Crippen molar-refractivity contribution in [3.8, 4) is 0 Å². The van der Waals surface area contributed by atoms with Crippen LogP contribution in [0, 0.1) is 5.92 Å². The van der Waals surface area contributed by atoms with Crippen molar-refractivity contribution in [1.29, 1.82) is 0 Å². The Morgan fingerprint density at radius 2 is 2.15 bits per heavy atom. The average molecular weight is 376 g/mol. The molecule has 1 heterocycles. The zero-order chi connectivity index (χ0) is 20.4. The molecule has 7 nitrogen and oxygen atoms in total. The Kier molecular flexibility index (Phi) is 6.18. The molecule has 1 aliphatic carbocycles. The van der Waals surface area contributed by atoms with Gasteiger partial charge < -0.3 is 19.7 Å². The van der Waals surface area contributed by atoms with E-state index in [9.17, 15) is 24.6 Å². The maximum atomic E-state index is 12.3. The lowest BCUT2D eigenvalue weighted by Gasteiger charge is -2.31. The van der Waals surface area contributed by atoms with Crippen LogP contribution in [0.3, 0.4) is 0 Å². The van der Waals surface area contributed by atoms with E-state index in [1.807, 2.05) is 0 Å². The number of hydrogen-bond acceptors (Lipinski definition) is 7. The molecule has 0 bridgehead atoms. The minimum absolute atomic E-state index is 0.0103. The van der Waals surface area contributed by atoms with Crippen LogP contribution < -0.4 is 0 Å². The number of carbonyl (C=O) groups is 3. The van der Waals surface area contributed by atoms with Gasteiger partial charge in [-0.2, -0.15) is 0 Å². The Labute approximate surface area is 157 Å². The van der Waals surface area contributed by atoms with Crippen LogP contribution in [0.5, 0.6) is 0 Å². The van der Waals surface area contributed by atoms with E-state index in [0.29, 0.717) is 5.57 Å². The first-order chi connectivity index (χ1) is 12.6. The molecule has 0 aromatic heterocycles. The van der Waals surface area contributed by atoms with Gasteiger partial charge in [0.25, 0.3) is 0 Å². The van der Waals surface area contributed by atoms with Crippen LogP contribution in [-0.2, 0) is 23.9 Å². The van der Waals surface area contributed by atoms with Crippen molar-refractivity contribution in [1.82, 2.24) is 0 Å². The minimum atomic E-state index is -1.50. The molecule has 0 spiro atoms. The molecule has 7 heteroatoms. The summed E-state index contributed by atoms with van der Waals surface area (Å²) in [6.45, 7) is 7.90. The number of ketones is 1. The predicted molar refractivity (Wildman–Crippen MR) is 96.4 cm³/mol. The Bertz CT molecular complexity index is 754. The van der Waals surface area contributed by atoms with Crippen molar-refractivity contribution < 1.29 is 34.1 Å². The fourth-order valence-corrected chi connectivity index (χ4v) is 3.02. The zero-order valence-electron chi connectivity index (χ0n) is 15.6. The second-order valence-corrected chi connectivity index (χ2v) is 6.95. The Hall–Kier alpha value is -2.51. The lowest BCUT2D eigenvalue weighted by Crippen LogP contribution is -2.40. The number of esters is 2. The van der Waals surface area contributed by atoms with Crippen molar-refractivity contribution in [2.75, 3.05) is 6.61 Å². The van der Waals surface area contributed by atoms with Gasteiger partial charge >= 0.3 is 11.9 Å². The van der Waals surface area contributed by atoms with Gasteiger partial charge in [0.05, 0.1) is 18.1 Å². The maximum absolute atomic E-state index is 12.3. The summed E-state index contributed by atoms with van der Waals surface area (Å²) in [7, 11) is 0. The highest BCUT2D eigenvalue weighted by molar-refractivity contribution is 6.04. The zero-order valence-corrected chi connectivity index (χ0v) is 15.6. The largest absolute Gasteiger partial charge is 0.458 e. The van der Waals surface area contributed by atoms with E-state index in [4.69, 9.17) is 9.47 Å². The van der Waals surface area contributed by atoms with Crippen LogP contribution >= 0.6 is 0 Å². The number of aliphatic hydroxyl groups is 2. The van der Waals surface area contributed by atoms with Crippen LogP contribution in [0.1, 0.15) is 27.2 Å². The van der Waals surface area contributed by atoms with Gasteiger partial charge in [0, 0.05) is 23.1 Å². The van der Waals surface area contributed by atoms with Gasteiger partial charge in [-0.25, -0.2) is 9.59 Å². The van der Waals surface area contributed by atoms with E-state index < -0.39 is 48.1 Å². The van der Waals surface area contributed by atoms with E-state index in [0.717, 1.165) is 6.08 Å².